The third kappa shape index (κ3) is 9.11. The van der Waals surface area contributed by atoms with E-state index in [4.69, 9.17) is 27.9 Å². The van der Waals surface area contributed by atoms with E-state index in [1.165, 1.54) is 12.0 Å². The fourth-order valence-electron chi connectivity index (χ4n) is 4.27. The van der Waals surface area contributed by atoms with Gasteiger partial charge in [-0.05, 0) is 56.2 Å². The molecule has 3 rings (SSSR count). The van der Waals surface area contributed by atoms with Crippen LogP contribution in [0.4, 0.5) is 5.69 Å². The molecule has 3 aromatic rings. The Hall–Kier alpha value is -3.27. The second-order valence-electron chi connectivity index (χ2n) is 10.6. The number of carbonyl (C=O) groups excluding carboxylic acids is 2. The summed E-state index contributed by atoms with van der Waals surface area (Å²) in [5, 5.41) is 3.71. The predicted octanol–water partition coefficient (Wildman–Crippen LogP) is 5.32. The van der Waals surface area contributed by atoms with E-state index in [9.17, 15) is 18.0 Å². The average Bonchev–Trinajstić information content (AvgIpc) is 2.89. The number of anilines is 1. The third-order valence-corrected chi connectivity index (χ3v) is 7.87. The van der Waals surface area contributed by atoms with Crippen molar-refractivity contribution >= 4 is 50.7 Å². The highest BCUT2D eigenvalue weighted by molar-refractivity contribution is 7.92. The van der Waals surface area contributed by atoms with Gasteiger partial charge in [-0.2, -0.15) is 0 Å². The van der Waals surface area contributed by atoms with E-state index in [1.807, 2.05) is 51.1 Å². The van der Waals surface area contributed by atoms with Crippen molar-refractivity contribution in [3.8, 4) is 5.75 Å². The molecule has 220 valence electrons. The van der Waals surface area contributed by atoms with Gasteiger partial charge in [-0.15, -0.1) is 0 Å². The number of sulfonamides is 1. The van der Waals surface area contributed by atoms with Gasteiger partial charge in [0.15, 0.2) is 0 Å². The minimum absolute atomic E-state index is 0.0621. The zero-order chi connectivity index (χ0) is 30.4. The molecule has 0 spiro atoms. The second kappa shape index (κ2) is 13.6. The lowest BCUT2D eigenvalue weighted by atomic mass is 10.0. The first kappa shape index (κ1) is 32.2. The molecule has 8 nitrogen and oxygen atoms in total. The van der Waals surface area contributed by atoms with Gasteiger partial charge in [-0.25, -0.2) is 8.42 Å². The van der Waals surface area contributed by atoms with Gasteiger partial charge in [0, 0.05) is 28.5 Å². The molecule has 0 fully saturated rings. The van der Waals surface area contributed by atoms with Crippen LogP contribution in [0.15, 0.2) is 72.8 Å². The van der Waals surface area contributed by atoms with Crippen LogP contribution >= 0.6 is 23.2 Å². The van der Waals surface area contributed by atoms with Crippen LogP contribution in [-0.2, 0) is 32.6 Å². The quantitative estimate of drug-likeness (QED) is 0.313. The molecule has 0 aliphatic heterocycles. The zero-order valence-corrected chi connectivity index (χ0v) is 26.1. The predicted molar refractivity (Wildman–Crippen MR) is 164 cm³/mol. The molecule has 0 aromatic heterocycles. The SMILES string of the molecule is COc1ccccc1N(CC(=O)N(Cc1ccc(Cl)cc1Cl)[C@@H](Cc1ccccc1)C(=O)NC(C)(C)C)S(C)(=O)=O. The van der Waals surface area contributed by atoms with Crippen molar-refractivity contribution in [3.63, 3.8) is 0 Å². The maximum absolute atomic E-state index is 14.2. The van der Waals surface area contributed by atoms with E-state index in [1.54, 1.807) is 42.5 Å². The molecule has 0 saturated carbocycles. The van der Waals surface area contributed by atoms with Crippen LogP contribution in [0.1, 0.15) is 31.9 Å². The summed E-state index contributed by atoms with van der Waals surface area (Å²) in [5.41, 5.74) is 0.990. The lowest BCUT2D eigenvalue weighted by molar-refractivity contribution is -0.140. The smallest absolute Gasteiger partial charge is 0.244 e. The Morgan fingerprint density at radius 1 is 0.976 bits per heavy atom. The standard InChI is InChI=1S/C30H35Cl2N3O5S/c1-30(2,3)33-29(37)26(17-21-11-7-6-8-12-21)34(19-22-15-16-23(31)18-24(22)32)28(36)20-35(41(5,38)39)25-13-9-10-14-27(25)40-4/h6-16,18,26H,17,19-20H2,1-5H3,(H,33,37)/t26-/m0/s1. The van der Waals surface area contributed by atoms with Crippen LogP contribution in [-0.4, -0.2) is 56.6 Å². The summed E-state index contributed by atoms with van der Waals surface area (Å²) >= 11 is 12.6. The van der Waals surface area contributed by atoms with Crippen molar-refractivity contribution in [3.05, 3.63) is 94.0 Å². The molecule has 2 amide bonds. The molecule has 0 saturated heterocycles. The highest BCUT2D eigenvalue weighted by atomic mass is 35.5. The number of nitrogens with one attached hydrogen (secondary N) is 1. The first-order valence-corrected chi connectivity index (χ1v) is 15.5. The number of para-hydroxylation sites is 2. The first-order valence-electron chi connectivity index (χ1n) is 12.9. The largest absolute Gasteiger partial charge is 0.495 e. The van der Waals surface area contributed by atoms with Gasteiger partial charge in [-0.1, -0.05) is 71.7 Å². The van der Waals surface area contributed by atoms with Crippen molar-refractivity contribution in [1.82, 2.24) is 10.2 Å². The number of methoxy groups -OCH3 is 1. The van der Waals surface area contributed by atoms with E-state index < -0.39 is 34.1 Å². The molecular formula is C30H35Cl2N3O5S. The number of hydrogen-bond acceptors (Lipinski definition) is 5. The number of rotatable bonds is 11. The maximum Gasteiger partial charge on any atom is 0.244 e. The van der Waals surface area contributed by atoms with Gasteiger partial charge in [0.1, 0.15) is 18.3 Å². The molecule has 0 heterocycles. The Balaban J connectivity index is 2.12. The monoisotopic (exact) mass is 619 g/mol. The molecule has 0 aliphatic carbocycles. The first-order chi connectivity index (χ1) is 19.2. The summed E-state index contributed by atoms with van der Waals surface area (Å²) in [5.74, 6) is -0.704. The summed E-state index contributed by atoms with van der Waals surface area (Å²) < 4.78 is 32.3. The summed E-state index contributed by atoms with van der Waals surface area (Å²) in [6.45, 7) is 4.91. The van der Waals surface area contributed by atoms with Crippen LogP contribution < -0.4 is 14.4 Å². The summed E-state index contributed by atoms with van der Waals surface area (Å²) in [6.07, 6.45) is 1.20. The molecule has 3 aromatic carbocycles. The van der Waals surface area contributed by atoms with Crippen molar-refractivity contribution < 1.29 is 22.7 Å². The van der Waals surface area contributed by atoms with Crippen LogP contribution in [0.5, 0.6) is 5.75 Å². The molecule has 1 N–H and O–H groups in total. The van der Waals surface area contributed by atoms with Gasteiger partial charge in [0.2, 0.25) is 21.8 Å². The normalized spacial score (nSPS) is 12.4. The van der Waals surface area contributed by atoms with Crippen molar-refractivity contribution in [2.75, 3.05) is 24.2 Å². The maximum atomic E-state index is 14.2. The Kier molecular flexibility index (Phi) is 10.7. The van der Waals surface area contributed by atoms with Gasteiger partial charge in [-0.3, -0.25) is 13.9 Å². The van der Waals surface area contributed by atoms with Gasteiger partial charge < -0.3 is 15.0 Å². The van der Waals surface area contributed by atoms with Crippen LogP contribution in [0.2, 0.25) is 10.0 Å². The Labute approximate surface area is 252 Å². The fourth-order valence-corrected chi connectivity index (χ4v) is 5.59. The van der Waals surface area contributed by atoms with E-state index in [-0.39, 0.29) is 30.3 Å². The molecule has 11 heteroatoms. The molecule has 0 aliphatic rings. The fraction of sp³-hybridized carbons (Fsp3) is 0.333. The lowest BCUT2D eigenvalue weighted by Crippen LogP contribution is -2.56. The average molecular weight is 621 g/mol. The van der Waals surface area contributed by atoms with E-state index in [0.717, 1.165) is 16.1 Å². The van der Waals surface area contributed by atoms with Crippen molar-refractivity contribution in [2.24, 2.45) is 0 Å². The minimum atomic E-state index is -3.94. The highest BCUT2D eigenvalue weighted by Crippen LogP contribution is 2.30. The van der Waals surface area contributed by atoms with Crippen LogP contribution in [0.25, 0.3) is 0 Å². The van der Waals surface area contributed by atoms with Crippen molar-refractivity contribution in [1.29, 1.82) is 0 Å². The number of halogens is 2. The number of benzene rings is 3. The molecule has 0 bridgehead atoms. The molecule has 1 atom stereocenters. The van der Waals surface area contributed by atoms with E-state index in [0.29, 0.717) is 15.6 Å². The lowest BCUT2D eigenvalue weighted by Gasteiger charge is -2.35. The van der Waals surface area contributed by atoms with Gasteiger partial charge in [0.25, 0.3) is 0 Å². The zero-order valence-electron chi connectivity index (χ0n) is 23.7. The molecule has 0 unspecified atom stereocenters. The van der Waals surface area contributed by atoms with E-state index in [2.05, 4.69) is 5.32 Å². The molecular weight excluding hydrogens is 585 g/mol. The Morgan fingerprint density at radius 2 is 1.61 bits per heavy atom. The van der Waals surface area contributed by atoms with E-state index >= 15 is 0 Å². The molecule has 0 radical (unpaired) electrons. The number of hydrogen-bond donors (Lipinski definition) is 1. The van der Waals surface area contributed by atoms with Crippen LogP contribution in [0.3, 0.4) is 0 Å². The highest BCUT2D eigenvalue weighted by Gasteiger charge is 2.35. The third-order valence-electron chi connectivity index (χ3n) is 6.16. The summed E-state index contributed by atoms with van der Waals surface area (Å²) in [6, 6.07) is 19.7. The Bertz CT molecular complexity index is 1480. The van der Waals surface area contributed by atoms with Crippen molar-refractivity contribution in [2.45, 2.75) is 45.3 Å². The second-order valence-corrected chi connectivity index (χ2v) is 13.4. The summed E-state index contributed by atoms with van der Waals surface area (Å²) in [7, 11) is -2.52. The number of carbonyl (C=O) groups is 2. The van der Waals surface area contributed by atoms with Gasteiger partial charge >= 0.3 is 0 Å². The topological polar surface area (TPSA) is 96.0 Å². The number of amides is 2. The number of ether oxygens (including phenoxy) is 1. The van der Waals surface area contributed by atoms with Gasteiger partial charge in [0.05, 0.1) is 19.1 Å². The summed E-state index contributed by atoms with van der Waals surface area (Å²) in [4.78, 5) is 29.3. The Morgan fingerprint density at radius 3 is 2.20 bits per heavy atom. The van der Waals surface area contributed by atoms with Crippen LogP contribution in [0, 0.1) is 0 Å². The number of nitrogens with zero attached hydrogens (tertiary/aromatic N) is 2. The molecule has 41 heavy (non-hydrogen) atoms. The minimum Gasteiger partial charge on any atom is -0.495 e.